The lowest BCUT2D eigenvalue weighted by molar-refractivity contribution is 0.136. The van der Waals surface area contributed by atoms with Gasteiger partial charge in [0, 0.05) is 24.0 Å². The first-order valence-electron chi connectivity index (χ1n) is 5.56. The second-order valence-electron chi connectivity index (χ2n) is 4.44. The van der Waals surface area contributed by atoms with Crippen LogP contribution in [0.2, 0.25) is 5.02 Å². The van der Waals surface area contributed by atoms with Gasteiger partial charge < -0.3 is 15.7 Å². The maximum atomic E-state index is 9.55. The summed E-state index contributed by atoms with van der Waals surface area (Å²) in [6.07, 6.45) is 0.762. The number of nitrogens with two attached hydrogens (primary N) is 1. The third-order valence-corrected chi connectivity index (χ3v) is 3.47. The van der Waals surface area contributed by atoms with E-state index in [2.05, 4.69) is 4.90 Å². The lowest BCUT2D eigenvalue weighted by Crippen LogP contribution is -2.24. The van der Waals surface area contributed by atoms with Crippen molar-refractivity contribution in [2.24, 2.45) is 5.92 Å². The molecule has 16 heavy (non-hydrogen) atoms. The van der Waals surface area contributed by atoms with E-state index in [4.69, 9.17) is 17.3 Å². The molecular formula is C12H17ClN2O. The Kier molecular flexibility index (Phi) is 3.26. The number of aliphatic hydroxyl groups is 1. The van der Waals surface area contributed by atoms with Crippen LogP contribution in [0.15, 0.2) is 18.2 Å². The first-order valence-corrected chi connectivity index (χ1v) is 5.94. The van der Waals surface area contributed by atoms with Gasteiger partial charge in [-0.2, -0.15) is 0 Å². The Balaban J connectivity index is 2.14. The fourth-order valence-electron chi connectivity index (χ4n) is 2.21. The van der Waals surface area contributed by atoms with Crippen LogP contribution in [-0.2, 0) is 0 Å². The SMILES string of the molecule is CC(O)C1CCN(c2ccc(Cl)cc2N)C1. The quantitative estimate of drug-likeness (QED) is 0.779. The standard InChI is InChI=1S/C12H17ClN2O/c1-8(16)9-4-5-15(7-9)12-3-2-10(13)6-11(12)14/h2-3,6,8-9,16H,4-5,7,14H2,1H3. The number of nitrogen functional groups attached to an aromatic ring is 1. The maximum absolute atomic E-state index is 9.55. The Hall–Kier alpha value is -0.930. The van der Waals surface area contributed by atoms with Gasteiger partial charge in [0.25, 0.3) is 0 Å². The Labute approximate surface area is 101 Å². The molecule has 4 heteroatoms. The monoisotopic (exact) mass is 240 g/mol. The molecule has 1 aromatic rings. The Morgan fingerprint density at radius 2 is 2.31 bits per heavy atom. The van der Waals surface area contributed by atoms with Crippen LogP contribution < -0.4 is 10.6 Å². The van der Waals surface area contributed by atoms with Gasteiger partial charge in [0.2, 0.25) is 0 Å². The number of hydrogen-bond donors (Lipinski definition) is 2. The zero-order valence-corrected chi connectivity index (χ0v) is 10.1. The normalized spacial score (nSPS) is 22.4. The summed E-state index contributed by atoms with van der Waals surface area (Å²) in [5, 5.41) is 10.2. The number of nitrogens with zero attached hydrogens (tertiary/aromatic N) is 1. The molecule has 1 heterocycles. The minimum Gasteiger partial charge on any atom is -0.397 e. The molecule has 3 nitrogen and oxygen atoms in total. The van der Waals surface area contributed by atoms with E-state index in [1.807, 2.05) is 19.1 Å². The van der Waals surface area contributed by atoms with Crippen molar-refractivity contribution in [3.05, 3.63) is 23.2 Å². The highest BCUT2D eigenvalue weighted by atomic mass is 35.5. The molecule has 0 amide bonds. The van der Waals surface area contributed by atoms with Crippen molar-refractivity contribution in [2.45, 2.75) is 19.4 Å². The zero-order chi connectivity index (χ0) is 11.7. The molecule has 2 atom stereocenters. The molecule has 0 aliphatic carbocycles. The van der Waals surface area contributed by atoms with Gasteiger partial charge in [-0.3, -0.25) is 0 Å². The highest BCUT2D eigenvalue weighted by Crippen LogP contribution is 2.31. The Morgan fingerprint density at radius 1 is 1.56 bits per heavy atom. The predicted octanol–water partition coefficient (Wildman–Crippen LogP) is 2.13. The van der Waals surface area contributed by atoms with Gasteiger partial charge in [-0.15, -0.1) is 0 Å². The second kappa shape index (κ2) is 4.52. The molecule has 3 N–H and O–H groups in total. The molecule has 88 valence electrons. The molecule has 1 aliphatic heterocycles. The number of benzene rings is 1. The average molecular weight is 241 g/mol. The molecule has 0 spiro atoms. The molecule has 2 rings (SSSR count). The van der Waals surface area contributed by atoms with Gasteiger partial charge in [-0.1, -0.05) is 11.6 Å². The summed E-state index contributed by atoms with van der Waals surface area (Å²) in [7, 11) is 0. The lowest BCUT2D eigenvalue weighted by Gasteiger charge is -2.21. The molecule has 0 saturated carbocycles. The van der Waals surface area contributed by atoms with Crippen molar-refractivity contribution in [3.8, 4) is 0 Å². The van der Waals surface area contributed by atoms with Gasteiger partial charge in [-0.25, -0.2) is 0 Å². The van der Waals surface area contributed by atoms with Crippen molar-refractivity contribution in [1.82, 2.24) is 0 Å². The van der Waals surface area contributed by atoms with Gasteiger partial charge in [0.05, 0.1) is 17.5 Å². The van der Waals surface area contributed by atoms with Gasteiger partial charge in [0.1, 0.15) is 0 Å². The summed E-state index contributed by atoms with van der Waals surface area (Å²) in [6, 6.07) is 5.57. The van der Waals surface area contributed by atoms with Crippen LogP contribution in [0.1, 0.15) is 13.3 Å². The number of anilines is 2. The van der Waals surface area contributed by atoms with Gasteiger partial charge in [0.15, 0.2) is 0 Å². The van der Waals surface area contributed by atoms with Crippen molar-refractivity contribution in [1.29, 1.82) is 0 Å². The number of aliphatic hydroxyl groups excluding tert-OH is 1. The third kappa shape index (κ3) is 2.25. The van der Waals surface area contributed by atoms with E-state index in [-0.39, 0.29) is 6.10 Å². The summed E-state index contributed by atoms with van der Waals surface area (Å²) in [5.74, 6) is 0.343. The molecular weight excluding hydrogens is 224 g/mol. The van der Waals surface area contributed by atoms with Crippen molar-refractivity contribution < 1.29 is 5.11 Å². The fraction of sp³-hybridized carbons (Fsp3) is 0.500. The van der Waals surface area contributed by atoms with Crippen molar-refractivity contribution in [2.75, 3.05) is 23.7 Å². The summed E-state index contributed by atoms with van der Waals surface area (Å²) in [6.45, 7) is 3.66. The van der Waals surface area contributed by atoms with E-state index in [0.29, 0.717) is 16.6 Å². The molecule has 1 saturated heterocycles. The largest absolute Gasteiger partial charge is 0.397 e. The van der Waals surface area contributed by atoms with Crippen LogP contribution in [-0.4, -0.2) is 24.3 Å². The number of hydrogen-bond acceptors (Lipinski definition) is 3. The number of halogens is 1. The van der Waals surface area contributed by atoms with Crippen LogP contribution in [0, 0.1) is 5.92 Å². The molecule has 1 aromatic carbocycles. The van der Waals surface area contributed by atoms with E-state index in [9.17, 15) is 5.11 Å². The summed E-state index contributed by atoms with van der Waals surface area (Å²) in [4.78, 5) is 2.21. The maximum Gasteiger partial charge on any atom is 0.0601 e. The van der Waals surface area contributed by atoms with Crippen molar-refractivity contribution in [3.63, 3.8) is 0 Å². The van der Waals surface area contributed by atoms with E-state index < -0.39 is 0 Å². The first kappa shape index (κ1) is 11.6. The van der Waals surface area contributed by atoms with Crippen LogP contribution in [0.4, 0.5) is 11.4 Å². The smallest absolute Gasteiger partial charge is 0.0601 e. The highest BCUT2D eigenvalue weighted by Gasteiger charge is 2.26. The molecule has 2 unspecified atom stereocenters. The highest BCUT2D eigenvalue weighted by molar-refractivity contribution is 6.31. The average Bonchev–Trinajstić information content (AvgIpc) is 2.66. The second-order valence-corrected chi connectivity index (χ2v) is 4.87. The van der Waals surface area contributed by atoms with Crippen LogP contribution in [0.3, 0.4) is 0 Å². The van der Waals surface area contributed by atoms with Crippen LogP contribution >= 0.6 is 11.6 Å². The fourth-order valence-corrected chi connectivity index (χ4v) is 2.39. The zero-order valence-electron chi connectivity index (χ0n) is 9.36. The van der Waals surface area contributed by atoms with E-state index >= 15 is 0 Å². The summed E-state index contributed by atoms with van der Waals surface area (Å²) < 4.78 is 0. The third-order valence-electron chi connectivity index (χ3n) is 3.24. The van der Waals surface area contributed by atoms with E-state index in [1.165, 1.54) is 0 Å². The molecule has 0 aromatic heterocycles. The lowest BCUT2D eigenvalue weighted by atomic mass is 10.0. The van der Waals surface area contributed by atoms with E-state index in [1.54, 1.807) is 6.07 Å². The number of rotatable bonds is 2. The van der Waals surface area contributed by atoms with Crippen LogP contribution in [0.5, 0.6) is 0 Å². The predicted molar refractivity (Wildman–Crippen MR) is 67.9 cm³/mol. The van der Waals surface area contributed by atoms with Gasteiger partial charge in [-0.05, 0) is 31.5 Å². The first-order chi connectivity index (χ1) is 7.58. The minimum absolute atomic E-state index is 0.251. The Bertz CT molecular complexity index is 381. The van der Waals surface area contributed by atoms with Crippen molar-refractivity contribution >= 4 is 23.0 Å². The van der Waals surface area contributed by atoms with Gasteiger partial charge >= 0.3 is 0 Å². The minimum atomic E-state index is -0.251. The molecule has 1 aliphatic rings. The molecule has 0 bridgehead atoms. The topological polar surface area (TPSA) is 49.5 Å². The van der Waals surface area contributed by atoms with Crippen LogP contribution in [0.25, 0.3) is 0 Å². The Morgan fingerprint density at radius 3 is 2.88 bits per heavy atom. The molecule has 0 radical (unpaired) electrons. The summed E-state index contributed by atoms with van der Waals surface area (Å²) >= 11 is 5.86. The summed E-state index contributed by atoms with van der Waals surface area (Å²) in [5.41, 5.74) is 7.66. The molecule has 1 fully saturated rings. The van der Waals surface area contributed by atoms with E-state index in [0.717, 1.165) is 25.2 Å².